The molecule has 9 nitrogen and oxygen atoms in total. The van der Waals surface area contributed by atoms with E-state index in [9.17, 15) is 22.4 Å². The molecule has 0 saturated carbocycles. The molecular weight excluding hydrogens is 421 g/mol. The summed E-state index contributed by atoms with van der Waals surface area (Å²) in [5.41, 5.74) is 6.02. The number of benzene rings is 1. The molecule has 0 fully saturated rings. The minimum absolute atomic E-state index is 0.153. The fourth-order valence-corrected chi connectivity index (χ4v) is 4.21. The highest BCUT2D eigenvalue weighted by molar-refractivity contribution is 7.89. The molecule has 0 aliphatic heterocycles. The van der Waals surface area contributed by atoms with Gasteiger partial charge in [-0.1, -0.05) is 6.92 Å². The molecule has 3 rings (SSSR count). The molecule has 0 radical (unpaired) electrons. The number of hydrogen-bond donors (Lipinski definition) is 4. The van der Waals surface area contributed by atoms with Gasteiger partial charge in [-0.25, -0.2) is 22.5 Å². The first kappa shape index (κ1) is 20.6. The van der Waals surface area contributed by atoms with Gasteiger partial charge in [-0.2, -0.15) is 0 Å². The number of hydrogen-bond acceptors (Lipinski definition) is 6. The van der Waals surface area contributed by atoms with Gasteiger partial charge in [0.15, 0.2) is 5.13 Å². The van der Waals surface area contributed by atoms with Crippen molar-refractivity contribution >= 4 is 38.3 Å². The number of carbonyl (C=O) groups is 2. The van der Waals surface area contributed by atoms with E-state index in [0.29, 0.717) is 11.3 Å². The predicted octanol–water partition coefficient (Wildman–Crippen LogP) is 1.93. The Morgan fingerprint density at radius 1 is 1.31 bits per heavy atom. The number of primary amides is 1. The molecular formula is C17H16FN5O4S2. The summed E-state index contributed by atoms with van der Waals surface area (Å²) in [6.07, 6.45) is 1.54. The lowest BCUT2D eigenvalue weighted by Gasteiger charge is -2.08. The fourth-order valence-electron chi connectivity index (χ4n) is 2.43. The van der Waals surface area contributed by atoms with Gasteiger partial charge in [-0.15, -0.1) is 11.3 Å². The Morgan fingerprint density at radius 3 is 2.72 bits per heavy atom. The number of aromatic amines is 1. The van der Waals surface area contributed by atoms with E-state index >= 15 is 0 Å². The third-order valence-corrected chi connectivity index (χ3v) is 6.10. The number of anilines is 1. The fraction of sp³-hybridized carbons (Fsp3) is 0.118. The van der Waals surface area contributed by atoms with E-state index < -0.39 is 33.2 Å². The molecule has 0 aliphatic carbocycles. The van der Waals surface area contributed by atoms with E-state index in [0.717, 1.165) is 29.5 Å². The van der Waals surface area contributed by atoms with Crippen LogP contribution < -0.4 is 15.8 Å². The lowest BCUT2D eigenvalue weighted by Crippen LogP contribution is -2.24. The average molecular weight is 437 g/mol. The molecule has 12 heteroatoms. The summed E-state index contributed by atoms with van der Waals surface area (Å²) in [5.74, 6) is -2.34. The zero-order valence-electron chi connectivity index (χ0n) is 15.0. The van der Waals surface area contributed by atoms with Crippen molar-refractivity contribution in [3.63, 3.8) is 0 Å². The third kappa shape index (κ3) is 4.50. The first-order valence-corrected chi connectivity index (χ1v) is 10.6. The molecule has 2 amide bonds. The van der Waals surface area contributed by atoms with Gasteiger partial charge in [-0.05, 0) is 24.3 Å². The first-order valence-electron chi connectivity index (χ1n) is 8.26. The van der Waals surface area contributed by atoms with Crippen molar-refractivity contribution in [2.45, 2.75) is 11.8 Å². The molecule has 0 aliphatic rings. The van der Waals surface area contributed by atoms with Crippen LogP contribution in [0.5, 0.6) is 0 Å². The van der Waals surface area contributed by atoms with Gasteiger partial charge in [0.05, 0.1) is 16.2 Å². The summed E-state index contributed by atoms with van der Waals surface area (Å²) >= 11 is 1.08. The minimum atomic E-state index is -3.84. The van der Waals surface area contributed by atoms with E-state index in [1.807, 2.05) is 0 Å². The lowest BCUT2D eigenvalue weighted by molar-refractivity contribution is 0.0993. The number of carbonyl (C=O) groups excluding carboxylic acids is 2. The van der Waals surface area contributed by atoms with Gasteiger partial charge in [-0.3, -0.25) is 14.9 Å². The van der Waals surface area contributed by atoms with Crippen molar-refractivity contribution in [2.24, 2.45) is 5.73 Å². The third-order valence-electron chi connectivity index (χ3n) is 3.80. The van der Waals surface area contributed by atoms with E-state index in [2.05, 4.69) is 20.0 Å². The molecule has 0 unspecified atom stereocenters. The van der Waals surface area contributed by atoms with Crippen molar-refractivity contribution in [1.29, 1.82) is 0 Å². The summed E-state index contributed by atoms with van der Waals surface area (Å²) in [6.45, 7) is 1.76. The van der Waals surface area contributed by atoms with Crippen LogP contribution in [0.15, 0.2) is 40.7 Å². The Labute approximate surface area is 169 Å². The number of halogens is 1. The number of sulfonamides is 1. The summed E-state index contributed by atoms with van der Waals surface area (Å²) in [4.78, 5) is 30.3. The normalized spacial score (nSPS) is 11.4. The first-order chi connectivity index (χ1) is 13.7. The van der Waals surface area contributed by atoms with Crippen LogP contribution in [0.1, 0.15) is 27.8 Å². The molecule has 2 heterocycles. The summed E-state index contributed by atoms with van der Waals surface area (Å²) in [6, 6.07) is 4.46. The molecule has 2 aromatic heterocycles. The monoisotopic (exact) mass is 437 g/mol. The van der Waals surface area contributed by atoms with Crippen LogP contribution in [0, 0.1) is 5.82 Å². The number of thiazole rings is 1. The number of amides is 2. The molecule has 0 spiro atoms. The smallest absolute Gasteiger partial charge is 0.265 e. The number of aromatic nitrogens is 2. The van der Waals surface area contributed by atoms with Crippen LogP contribution in [-0.4, -0.2) is 36.7 Å². The number of rotatable bonds is 7. The van der Waals surface area contributed by atoms with E-state index in [4.69, 9.17) is 5.73 Å². The second-order valence-corrected chi connectivity index (χ2v) is 8.43. The summed E-state index contributed by atoms with van der Waals surface area (Å²) in [7, 11) is -3.84. The average Bonchev–Trinajstić information content (AvgIpc) is 3.31. The topological polar surface area (TPSA) is 147 Å². The predicted molar refractivity (Wildman–Crippen MR) is 106 cm³/mol. The largest absolute Gasteiger partial charge is 0.364 e. The Kier molecular flexibility index (Phi) is 5.77. The van der Waals surface area contributed by atoms with E-state index in [-0.39, 0.29) is 22.3 Å². The van der Waals surface area contributed by atoms with Gasteiger partial charge < -0.3 is 10.7 Å². The van der Waals surface area contributed by atoms with Crippen LogP contribution in [0.4, 0.5) is 9.52 Å². The van der Waals surface area contributed by atoms with Crippen LogP contribution >= 0.6 is 11.3 Å². The van der Waals surface area contributed by atoms with Crippen molar-refractivity contribution in [3.05, 3.63) is 52.9 Å². The van der Waals surface area contributed by atoms with Gasteiger partial charge in [0.25, 0.3) is 11.8 Å². The minimum Gasteiger partial charge on any atom is -0.364 e. The Balaban J connectivity index is 1.82. The van der Waals surface area contributed by atoms with Gasteiger partial charge in [0, 0.05) is 23.7 Å². The molecule has 29 heavy (non-hydrogen) atoms. The SMILES string of the molecule is CCNS(=O)(=O)c1ccc(F)c(C(=O)Nc2nc(-c3c[nH]c(C(N)=O)c3)cs2)c1. The number of nitrogens with two attached hydrogens (primary N) is 1. The number of nitrogens with zero attached hydrogens (tertiary/aromatic N) is 1. The summed E-state index contributed by atoms with van der Waals surface area (Å²) < 4.78 is 40.5. The molecule has 0 bridgehead atoms. The molecule has 0 saturated heterocycles. The Morgan fingerprint density at radius 2 is 2.07 bits per heavy atom. The summed E-state index contributed by atoms with van der Waals surface area (Å²) in [5, 5.41) is 4.24. The molecule has 152 valence electrons. The highest BCUT2D eigenvalue weighted by atomic mass is 32.2. The lowest BCUT2D eigenvalue weighted by atomic mass is 10.2. The maximum atomic E-state index is 14.1. The highest BCUT2D eigenvalue weighted by Gasteiger charge is 2.20. The Hall–Kier alpha value is -3.09. The standard InChI is InChI=1S/C17H16FN5O4S2/c1-2-21-29(26,27)10-3-4-12(18)11(6-10)16(25)23-17-22-14(8-28-17)9-5-13(15(19)24)20-7-9/h3-8,20-21H,2H2,1H3,(H2,19,24)(H,22,23,25). The zero-order chi connectivity index (χ0) is 21.2. The Bertz CT molecular complexity index is 1190. The molecule has 0 atom stereocenters. The van der Waals surface area contributed by atoms with Crippen molar-refractivity contribution in [3.8, 4) is 11.3 Å². The second kappa shape index (κ2) is 8.11. The van der Waals surface area contributed by atoms with Crippen LogP contribution in [0.25, 0.3) is 11.3 Å². The maximum Gasteiger partial charge on any atom is 0.265 e. The second-order valence-electron chi connectivity index (χ2n) is 5.80. The number of H-pyrrole nitrogens is 1. The zero-order valence-corrected chi connectivity index (χ0v) is 16.7. The van der Waals surface area contributed by atoms with Crippen molar-refractivity contribution < 1.29 is 22.4 Å². The van der Waals surface area contributed by atoms with Crippen molar-refractivity contribution in [2.75, 3.05) is 11.9 Å². The van der Waals surface area contributed by atoms with Gasteiger partial charge >= 0.3 is 0 Å². The molecule has 1 aromatic carbocycles. The van der Waals surface area contributed by atoms with Crippen LogP contribution in [0.3, 0.4) is 0 Å². The van der Waals surface area contributed by atoms with E-state index in [1.54, 1.807) is 12.3 Å². The van der Waals surface area contributed by atoms with Gasteiger partial charge in [0.1, 0.15) is 11.5 Å². The van der Waals surface area contributed by atoms with E-state index in [1.165, 1.54) is 12.3 Å². The molecule has 3 aromatic rings. The molecule has 5 N–H and O–H groups in total. The quantitative estimate of drug-likeness (QED) is 0.446. The maximum absolute atomic E-state index is 14.1. The highest BCUT2D eigenvalue weighted by Crippen LogP contribution is 2.26. The number of nitrogens with one attached hydrogen (secondary N) is 3. The van der Waals surface area contributed by atoms with Crippen molar-refractivity contribution in [1.82, 2.24) is 14.7 Å². The van der Waals surface area contributed by atoms with Crippen LogP contribution in [0.2, 0.25) is 0 Å². The van der Waals surface area contributed by atoms with Crippen LogP contribution in [-0.2, 0) is 10.0 Å². The van der Waals surface area contributed by atoms with Gasteiger partial charge in [0.2, 0.25) is 10.0 Å².